The summed E-state index contributed by atoms with van der Waals surface area (Å²) in [4.78, 5) is 26.4. The van der Waals surface area contributed by atoms with Gasteiger partial charge in [0.25, 0.3) is 0 Å². The quantitative estimate of drug-likeness (QED) is 0.654. The summed E-state index contributed by atoms with van der Waals surface area (Å²) >= 11 is 1.49. The number of fused-ring (bicyclic) bond motifs is 1. The largest absolute Gasteiger partial charge is 0.495 e. The minimum atomic E-state index is -0.358. The molecule has 1 aliphatic carbocycles. The van der Waals surface area contributed by atoms with Crippen molar-refractivity contribution in [2.24, 2.45) is 5.92 Å². The third-order valence-corrected chi connectivity index (χ3v) is 6.21. The van der Waals surface area contributed by atoms with Gasteiger partial charge in [-0.1, -0.05) is 13.0 Å². The highest BCUT2D eigenvalue weighted by atomic mass is 32.1. The lowest BCUT2D eigenvalue weighted by molar-refractivity contribution is -0.114. The molecule has 1 unspecified atom stereocenters. The fourth-order valence-electron chi connectivity index (χ4n) is 3.56. The van der Waals surface area contributed by atoms with Crippen LogP contribution in [0.4, 0.5) is 10.7 Å². The van der Waals surface area contributed by atoms with Crippen molar-refractivity contribution in [3.8, 4) is 5.75 Å². The zero-order valence-electron chi connectivity index (χ0n) is 17.4. The van der Waals surface area contributed by atoms with Gasteiger partial charge in [-0.2, -0.15) is 0 Å². The van der Waals surface area contributed by atoms with Gasteiger partial charge >= 0.3 is 5.97 Å². The van der Waals surface area contributed by atoms with E-state index in [0.717, 1.165) is 36.1 Å². The Kier molecular flexibility index (Phi) is 6.79. The van der Waals surface area contributed by atoms with Gasteiger partial charge in [0, 0.05) is 4.88 Å². The van der Waals surface area contributed by atoms with Gasteiger partial charge in [-0.3, -0.25) is 4.79 Å². The van der Waals surface area contributed by atoms with Crippen LogP contribution in [0, 0.1) is 12.8 Å². The van der Waals surface area contributed by atoms with Gasteiger partial charge in [-0.15, -0.1) is 11.3 Å². The Bertz CT molecular complexity index is 906. The summed E-state index contributed by atoms with van der Waals surface area (Å²) in [6, 6.07) is 5.75. The number of carbonyl (C=O) groups is 2. The molecule has 0 aliphatic heterocycles. The number of hydrogen-bond acceptors (Lipinski definition) is 6. The van der Waals surface area contributed by atoms with Crippen molar-refractivity contribution in [1.82, 2.24) is 0 Å². The molecule has 156 valence electrons. The number of thiophene rings is 1. The van der Waals surface area contributed by atoms with Crippen LogP contribution in [0.5, 0.6) is 5.75 Å². The molecule has 1 amide bonds. The van der Waals surface area contributed by atoms with Crippen molar-refractivity contribution in [2.75, 3.05) is 30.9 Å². The number of carbonyl (C=O) groups excluding carboxylic acids is 2. The molecule has 0 saturated heterocycles. The molecule has 0 fully saturated rings. The van der Waals surface area contributed by atoms with Crippen molar-refractivity contribution >= 4 is 33.9 Å². The number of nitrogens with one attached hydrogen (secondary N) is 2. The van der Waals surface area contributed by atoms with Gasteiger partial charge in [-0.05, 0) is 62.3 Å². The number of aryl methyl sites for hydroxylation is 1. The molecule has 2 N–H and O–H groups in total. The topological polar surface area (TPSA) is 76.7 Å². The standard InChI is InChI=1S/C22H28N2O4S/c1-5-28-22(26)20-15-8-6-14(3)11-18(15)29-21(20)24-19(25)12-23-16-10-13(2)7-9-17(16)27-4/h7,9-10,14,23H,5-6,8,11-12H2,1-4H3,(H,24,25). The molecular weight excluding hydrogens is 388 g/mol. The smallest absolute Gasteiger partial charge is 0.341 e. The van der Waals surface area contributed by atoms with Crippen LogP contribution in [0.15, 0.2) is 18.2 Å². The average Bonchev–Trinajstić information content (AvgIpc) is 3.03. The number of methoxy groups -OCH3 is 1. The van der Waals surface area contributed by atoms with Crippen LogP contribution in [0.3, 0.4) is 0 Å². The summed E-state index contributed by atoms with van der Waals surface area (Å²) in [5, 5.41) is 6.63. The third kappa shape index (κ3) is 4.90. The first-order chi connectivity index (χ1) is 13.9. The van der Waals surface area contributed by atoms with Crippen LogP contribution in [0.2, 0.25) is 0 Å². The highest BCUT2D eigenvalue weighted by Gasteiger charge is 2.29. The zero-order valence-corrected chi connectivity index (χ0v) is 18.2. The maximum atomic E-state index is 12.6. The zero-order chi connectivity index (χ0) is 21.0. The van der Waals surface area contributed by atoms with Gasteiger partial charge in [0.2, 0.25) is 5.91 Å². The molecule has 3 rings (SSSR count). The van der Waals surface area contributed by atoms with E-state index in [-0.39, 0.29) is 18.4 Å². The van der Waals surface area contributed by atoms with Crippen molar-refractivity contribution in [2.45, 2.75) is 40.0 Å². The molecule has 6 nitrogen and oxygen atoms in total. The lowest BCUT2D eigenvalue weighted by Gasteiger charge is -2.18. The van der Waals surface area contributed by atoms with E-state index in [1.54, 1.807) is 14.0 Å². The number of ether oxygens (including phenoxy) is 2. The summed E-state index contributed by atoms with van der Waals surface area (Å²) in [6.07, 6.45) is 2.81. The van der Waals surface area contributed by atoms with Crippen molar-refractivity contribution in [3.63, 3.8) is 0 Å². The molecular formula is C22H28N2O4S. The van der Waals surface area contributed by atoms with E-state index in [0.29, 0.717) is 28.8 Å². The van der Waals surface area contributed by atoms with E-state index in [1.165, 1.54) is 16.2 Å². The van der Waals surface area contributed by atoms with E-state index >= 15 is 0 Å². The van der Waals surface area contributed by atoms with Gasteiger partial charge in [-0.25, -0.2) is 4.79 Å². The van der Waals surface area contributed by atoms with E-state index in [2.05, 4.69) is 17.6 Å². The van der Waals surface area contributed by atoms with Gasteiger partial charge in [0.15, 0.2) is 0 Å². The predicted octanol–water partition coefficient (Wildman–Crippen LogP) is 4.42. The molecule has 0 spiro atoms. The van der Waals surface area contributed by atoms with Crippen LogP contribution in [0.25, 0.3) is 0 Å². The van der Waals surface area contributed by atoms with E-state index < -0.39 is 0 Å². The molecule has 29 heavy (non-hydrogen) atoms. The number of rotatable bonds is 7. The van der Waals surface area contributed by atoms with Crippen LogP contribution in [-0.4, -0.2) is 32.1 Å². The number of benzene rings is 1. The summed E-state index contributed by atoms with van der Waals surface area (Å²) in [6.45, 7) is 6.36. The van der Waals surface area contributed by atoms with E-state index in [1.807, 2.05) is 25.1 Å². The molecule has 1 atom stereocenters. The highest BCUT2D eigenvalue weighted by molar-refractivity contribution is 7.17. The Balaban J connectivity index is 1.76. The Morgan fingerprint density at radius 3 is 2.83 bits per heavy atom. The van der Waals surface area contributed by atoms with Gasteiger partial charge < -0.3 is 20.1 Å². The number of amides is 1. The normalized spacial score (nSPS) is 15.4. The Labute approximate surface area is 175 Å². The molecule has 1 aromatic carbocycles. The Morgan fingerprint density at radius 1 is 1.31 bits per heavy atom. The fourth-order valence-corrected chi connectivity index (χ4v) is 4.98. The predicted molar refractivity (Wildman–Crippen MR) is 116 cm³/mol. The first kappa shape index (κ1) is 21.2. The van der Waals surface area contributed by atoms with Crippen molar-refractivity contribution in [3.05, 3.63) is 39.8 Å². The minimum absolute atomic E-state index is 0.0705. The first-order valence-electron chi connectivity index (χ1n) is 9.92. The van der Waals surface area contributed by atoms with Gasteiger partial charge in [0.1, 0.15) is 10.8 Å². The lowest BCUT2D eigenvalue weighted by atomic mass is 9.88. The molecule has 0 saturated carbocycles. The van der Waals surface area contributed by atoms with Crippen molar-refractivity contribution < 1.29 is 19.1 Å². The van der Waals surface area contributed by atoms with Crippen LogP contribution in [-0.2, 0) is 22.4 Å². The second-order valence-corrected chi connectivity index (χ2v) is 8.49. The number of anilines is 2. The summed E-state index contributed by atoms with van der Waals surface area (Å²) < 4.78 is 10.6. The fraction of sp³-hybridized carbons (Fsp3) is 0.455. The average molecular weight is 417 g/mol. The van der Waals surface area contributed by atoms with Crippen LogP contribution >= 0.6 is 11.3 Å². The Morgan fingerprint density at radius 2 is 2.10 bits per heavy atom. The molecule has 7 heteroatoms. The van der Waals surface area contributed by atoms with Crippen LogP contribution < -0.4 is 15.4 Å². The molecule has 2 aromatic rings. The molecule has 1 aliphatic rings. The monoisotopic (exact) mass is 416 g/mol. The first-order valence-corrected chi connectivity index (χ1v) is 10.7. The SMILES string of the molecule is CCOC(=O)c1c(NC(=O)CNc2cc(C)ccc2OC)sc2c1CCC(C)C2. The number of hydrogen-bond donors (Lipinski definition) is 2. The minimum Gasteiger partial charge on any atom is -0.495 e. The lowest BCUT2D eigenvalue weighted by Crippen LogP contribution is -2.23. The summed E-state index contributed by atoms with van der Waals surface area (Å²) in [7, 11) is 1.60. The maximum Gasteiger partial charge on any atom is 0.341 e. The summed E-state index contributed by atoms with van der Waals surface area (Å²) in [5.41, 5.74) is 3.39. The van der Waals surface area contributed by atoms with Crippen LogP contribution in [0.1, 0.15) is 46.6 Å². The third-order valence-electron chi connectivity index (χ3n) is 5.04. The number of esters is 1. The molecule has 1 aromatic heterocycles. The second-order valence-electron chi connectivity index (χ2n) is 7.38. The summed E-state index contributed by atoms with van der Waals surface area (Å²) in [5.74, 6) is 0.681. The van der Waals surface area contributed by atoms with E-state index in [4.69, 9.17) is 9.47 Å². The van der Waals surface area contributed by atoms with E-state index in [9.17, 15) is 9.59 Å². The maximum absolute atomic E-state index is 12.6. The Hall–Kier alpha value is -2.54. The van der Waals surface area contributed by atoms with Gasteiger partial charge in [0.05, 0.1) is 31.5 Å². The molecule has 0 radical (unpaired) electrons. The second kappa shape index (κ2) is 9.31. The molecule has 1 heterocycles. The molecule has 0 bridgehead atoms. The highest BCUT2D eigenvalue weighted by Crippen LogP contribution is 2.40. The van der Waals surface area contributed by atoms with Crippen molar-refractivity contribution in [1.29, 1.82) is 0 Å².